The molecular weight excluding hydrogens is 216 g/mol. The fraction of sp³-hybridized carbons (Fsp3) is 0.923. The van der Waals surface area contributed by atoms with Crippen molar-refractivity contribution in [3.8, 4) is 0 Å². The quantitative estimate of drug-likeness (QED) is 0.784. The van der Waals surface area contributed by atoms with E-state index in [-0.39, 0.29) is 6.04 Å². The lowest BCUT2D eigenvalue weighted by molar-refractivity contribution is -0.149. The van der Waals surface area contributed by atoms with E-state index in [2.05, 4.69) is 24.1 Å². The second kappa shape index (κ2) is 4.94. The van der Waals surface area contributed by atoms with Crippen LogP contribution in [0.15, 0.2) is 0 Å². The van der Waals surface area contributed by atoms with Crippen molar-refractivity contribution in [3.05, 3.63) is 0 Å². The minimum atomic E-state index is -0.695. The Kier molecular flexibility index (Phi) is 3.73. The molecule has 0 saturated carbocycles. The molecule has 2 rings (SSSR count). The van der Waals surface area contributed by atoms with E-state index in [4.69, 9.17) is 0 Å². The maximum Gasteiger partial charge on any atom is 0.325 e. The monoisotopic (exact) mass is 240 g/mol. The van der Waals surface area contributed by atoms with Gasteiger partial charge in [0.05, 0.1) is 0 Å². The maximum atomic E-state index is 11.7. The van der Waals surface area contributed by atoms with Crippen molar-refractivity contribution >= 4 is 5.97 Å². The highest BCUT2D eigenvalue weighted by Gasteiger charge is 2.50. The summed E-state index contributed by atoms with van der Waals surface area (Å²) in [5.41, 5.74) is -0.695. The molecule has 17 heavy (non-hydrogen) atoms. The van der Waals surface area contributed by atoms with Crippen LogP contribution in [0.1, 0.15) is 46.0 Å². The number of carbonyl (C=O) groups is 1. The highest BCUT2D eigenvalue weighted by Crippen LogP contribution is 2.34. The van der Waals surface area contributed by atoms with Gasteiger partial charge >= 0.3 is 5.97 Å². The van der Waals surface area contributed by atoms with Gasteiger partial charge in [-0.05, 0) is 59.0 Å². The molecule has 2 unspecified atom stereocenters. The number of piperidine rings is 1. The molecule has 0 spiro atoms. The molecule has 98 valence electrons. The summed E-state index contributed by atoms with van der Waals surface area (Å²) < 4.78 is 0. The molecule has 2 saturated heterocycles. The predicted octanol–water partition coefficient (Wildman–Crippen LogP) is 1.46. The van der Waals surface area contributed by atoms with Crippen LogP contribution in [0.3, 0.4) is 0 Å². The van der Waals surface area contributed by atoms with Gasteiger partial charge in [0.1, 0.15) is 5.54 Å². The number of likely N-dealkylation sites (tertiary alicyclic amines) is 1. The van der Waals surface area contributed by atoms with Crippen molar-refractivity contribution in [1.29, 1.82) is 0 Å². The van der Waals surface area contributed by atoms with Crippen LogP contribution in [0.2, 0.25) is 0 Å². The third-order valence-corrected chi connectivity index (χ3v) is 4.35. The molecule has 2 atom stereocenters. The molecule has 0 aliphatic carbocycles. The molecule has 2 aliphatic rings. The molecule has 4 heteroatoms. The average molecular weight is 240 g/mol. The zero-order valence-electron chi connectivity index (χ0n) is 10.9. The molecule has 0 aromatic carbocycles. The van der Waals surface area contributed by atoms with Gasteiger partial charge in [-0.2, -0.15) is 0 Å². The van der Waals surface area contributed by atoms with Crippen molar-refractivity contribution < 1.29 is 9.90 Å². The normalized spacial score (nSPS) is 35.4. The lowest BCUT2D eigenvalue weighted by Gasteiger charge is -2.44. The van der Waals surface area contributed by atoms with Crippen molar-refractivity contribution in [2.24, 2.45) is 0 Å². The minimum Gasteiger partial charge on any atom is -0.480 e. The number of carboxylic acids is 1. The first-order valence-corrected chi connectivity index (χ1v) is 6.82. The number of carboxylic acid groups (broad SMARTS) is 1. The standard InChI is InChI=1S/C13H24N2O2/c1-10(2)15-9-5-6-11(15)13(12(16)17)7-3-4-8-14-13/h10-11,14H,3-9H2,1-2H3,(H,16,17). The van der Waals surface area contributed by atoms with Crippen molar-refractivity contribution in [1.82, 2.24) is 10.2 Å². The van der Waals surface area contributed by atoms with E-state index in [1.807, 2.05) is 0 Å². The van der Waals surface area contributed by atoms with Gasteiger partial charge < -0.3 is 10.4 Å². The van der Waals surface area contributed by atoms with Gasteiger partial charge in [-0.1, -0.05) is 0 Å². The third-order valence-electron chi connectivity index (χ3n) is 4.35. The Morgan fingerprint density at radius 2 is 2.18 bits per heavy atom. The summed E-state index contributed by atoms with van der Waals surface area (Å²) >= 11 is 0. The molecule has 0 aromatic rings. The molecule has 2 aliphatic heterocycles. The van der Waals surface area contributed by atoms with Gasteiger partial charge in [0.25, 0.3) is 0 Å². The molecule has 0 radical (unpaired) electrons. The molecule has 0 aromatic heterocycles. The van der Waals surface area contributed by atoms with Crippen molar-refractivity contribution in [2.75, 3.05) is 13.1 Å². The topological polar surface area (TPSA) is 52.6 Å². The first-order valence-electron chi connectivity index (χ1n) is 6.82. The Morgan fingerprint density at radius 3 is 2.71 bits per heavy atom. The van der Waals surface area contributed by atoms with Gasteiger partial charge in [0.15, 0.2) is 0 Å². The Morgan fingerprint density at radius 1 is 1.41 bits per heavy atom. The van der Waals surface area contributed by atoms with E-state index in [1.165, 1.54) is 0 Å². The first kappa shape index (κ1) is 12.8. The lowest BCUT2D eigenvalue weighted by Crippen LogP contribution is -2.66. The zero-order valence-corrected chi connectivity index (χ0v) is 10.9. The van der Waals surface area contributed by atoms with Crippen molar-refractivity contribution in [2.45, 2.75) is 63.6 Å². The number of nitrogens with zero attached hydrogens (tertiary/aromatic N) is 1. The summed E-state index contributed by atoms with van der Waals surface area (Å²) in [7, 11) is 0. The second-order valence-corrected chi connectivity index (χ2v) is 5.65. The smallest absolute Gasteiger partial charge is 0.325 e. The summed E-state index contributed by atoms with van der Waals surface area (Å²) in [5, 5.41) is 13.0. The predicted molar refractivity (Wildman–Crippen MR) is 67.1 cm³/mol. The fourth-order valence-electron chi connectivity index (χ4n) is 3.47. The van der Waals surface area contributed by atoms with Crippen LogP contribution in [0.5, 0.6) is 0 Å². The van der Waals surface area contributed by atoms with Gasteiger partial charge in [0.2, 0.25) is 0 Å². The van der Waals surface area contributed by atoms with Crippen molar-refractivity contribution in [3.63, 3.8) is 0 Å². The molecule has 2 N–H and O–H groups in total. The van der Waals surface area contributed by atoms with Gasteiger partial charge in [-0.15, -0.1) is 0 Å². The summed E-state index contributed by atoms with van der Waals surface area (Å²) in [6.45, 7) is 6.21. The van der Waals surface area contributed by atoms with Crippen LogP contribution in [-0.4, -0.2) is 46.7 Å². The Labute approximate surface area is 103 Å². The van der Waals surface area contributed by atoms with E-state index < -0.39 is 11.5 Å². The maximum absolute atomic E-state index is 11.7. The molecule has 2 heterocycles. The summed E-state index contributed by atoms with van der Waals surface area (Å²) in [4.78, 5) is 14.1. The van der Waals surface area contributed by atoms with Crippen LogP contribution < -0.4 is 5.32 Å². The van der Waals surface area contributed by atoms with E-state index >= 15 is 0 Å². The number of nitrogens with one attached hydrogen (secondary N) is 1. The molecule has 2 fully saturated rings. The Bertz CT molecular complexity index is 285. The third kappa shape index (κ3) is 2.20. The Hall–Kier alpha value is -0.610. The van der Waals surface area contributed by atoms with E-state index in [9.17, 15) is 9.90 Å². The largest absolute Gasteiger partial charge is 0.480 e. The zero-order chi connectivity index (χ0) is 12.5. The van der Waals surface area contributed by atoms with Gasteiger partial charge in [-0.3, -0.25) is 9.69 Å². The van der Waals surface area contributed by atoms with E-state index in [1.54, 1.807) is 0 Å². The summed E-state index contributed by atoms with van der Waals surface area (Å²) in [6.07, 6.45) is 5.04. The van der Waals surface area contributed by atoms with Crippen LogP contribution in [0.25, 0.3) is 0 Å². The van der Waals surface area contributed by atoms with Gasteiger partial charge in [-0.25, -0.2) is 0 Å². The molecule has 0 bridgehead atoms. The van der Waals surface area contributed by atoms with E-state index in [0.29, 0.717) is 6.04 Å². The average Bonchev–Trinajstić information content (AvgIpc) is 2.79. The number of rotatable bonds is 3. The van der Waals surface area contributed by atoms with Crippen LogP contribution in [-0.2, 0) is 4.79 Å². The fourth-order valence-corrected chi connectivity index (χ4v) is 3.47. The lowest BCUT2D eigenvalue weighted by atomic mass is 9.80. The first-order chi connectivity index (χ1) is 8.08. The molecule has 0 amide bonds. The second-order valence-electron chi connectivity index (χ2n) is 5.65. The minimum absolute atomic E-state index is 0.167. The number of hydrogen-bond donors (Lipinski definition) is 2. The summed E-state index contributed by atoms with van der Waals surface area (Å²) in [6, 6.07) is 0.600. The Balaban J connectivity index is 2.23. The summed E-state index contributed by atoms with van der Waals surface area (Å²) in [5.74, 6) is -0.658. The highest BCUT2D eigenvalue weighted by molar-refractivity contribution is 5.80. The SMILES string of the molecule is CC(C)N1CCCC1C1(C(=O)O)CCCCN1. The number of aliphatic carboxylic acids is 1. The van der Waals surface area contributed by atoms with Crippen LogP contribution >= 0.6 is 0 Å². The molecule has 4 nitrogen and oxygen atoms in total. The van der Waals surface area contributed by atoms with Gasteiger partial charge in [0, 0.05) is 12.1 Å². The van der Waals surface area contributed by atoms with Crippen LogP contribution in [0, 0.1) is 0 Å². The molecular formula is C13H24N2O2. The van der Waals surface area contributed by atoms with Crippen LogP contribution in [0.4, 0.5) is 0 Å². The number of hydrogen-bond acceptors (Lipinski definition) is 3. The van der Waals surface area contributed by atoms with E-state index in [0.717, 1.165) is 45.2 Å². The highest BCUT2D eigenvalue weighted by atomic mass is 16.4.